The molecule has 0 spiro atoms. The highest BCUT2D eigenvalue weighted by Gasteiger charge is 2.32. The number of hydrogen-bond donors (Lipinski definition) is 1. The molecule has 5 heteroatoms. The van der Waals surface area contributed by atoms with Gasteiger partial charge in [0.15, 0.2) is 0 Å². The lowest BCUT2D eigenvalue weighted by Gasteiger charge is -2.39. The molecule has 1 saturated heterocycles. The lowest BCUT2D eigenvalue weighted by Crippen LogP contribution is -2.55. The third-order valence-electron chi connectivity index (χ3n) is 5.10. The van der Waals surface area contributed by atoms with Crippen LogP contribution in [0, 0.1) is 26.2 Å². The second-order valence-corrected chi connectivity index (χ2v) is 8.52. The van der Waals surface area contributed by atoms with E-state index in [-0.39, 0.29) is 23.3 Å². The van der Waals surface area contributed by atoms with Crippen molar-refractivity contribution in [2.75, 3.05) is 31.5 Å². The molecule has 2 amide bonds. The van der Waals surface area contributed by atoms with Crippen molar-refractivity contribution in [3.05, 3.63) is 28.8 Å². The van der Waals surface area contributed by atoms with Gasteiger partial charge in [-0.1, -0.05) is 38.5 Å². The second kappa shape index (κ2) is 7.78. The van der Waals surface area contributed by atoms with E-state index >= 15 is 0 Å². The smallest absolute Gasteiger partial charge is 0.241 e. The van der Waals surface area contributed by atoms with Crippen molar-refractivity contribution in [1.82, 2.24) is 9.80 Å². The van der Waals surface area contributed by atoms with E-state index in [9.17, 15) is 9.59 Å². The number of nitrogens with zero attached hydrogens (tertiary/aromatic N) is 2. The summed E-state index contributed by atoms with van der Waals surface area (Å²) in [4.78, 5) is 29.2. The Morgan fingerprint density at radius 2 is 1.50 bits per heavy atom. The topological polar surface area (TPSA) is 52.7 Å². The number of carbonyl (C=O) groups excluding carboxylic acids is 2. The molecule has 1 aliphatic heterocycles. The molecule has 2 rings (SSSR count). The summed E-state index contributed by atoms with van der Waals surface area (Å²) in [6, 6.07) is 3.95. The van der Waals surface area contributed by atoms with Crippen LogP contribution < -0.4 is 5.32 Å². The molecule has 1 N–H and O–H groups in total. The highest BCUT2D eigenvalue weighted by Crippen LogP contribution is 2.23. The Labute approximate surface area is 157 Å². The first kappa shape index (κ1) is 20.4. The van der Waals surface area contributed by atoms with Gasteiger partial charge in [0.05, 0.1) is 6.04 Å². The normalized spacial score (nSPS) is 17.1. The third kappa shape index (κ3) is 4.64. The van der Waals surface area contributed by atoms with Crippen LogP contribution in [0.25, 0.3) is 0 Å². The number of aryl methyl sites for hydroxylation is 3. The quantitative estimate of drug-likeness (QED) is 0.902. The van der Waals surface area contributed by atoms with E-state index in [1.54, 1.807) is 0 Å². The Bertz CT molecular complexity index is 660. The summed E-state index contributed by atoms with van der Waals surface area (Å²) in [6.07, 6.45) is 0. The van der Waals surface area contributed by atoms with Crippen LogP contribution in [0.3, 0.4) is 0 Å². The van der Waals surface area contributed by atoms with Crippen molar-refractivity contribution < 1.29 is 9.59 Å². The van der Waals surface area contributed by atoms with Gasteiger partial charge < -0.3 is 10.2 Å². The van der Waals surface area contributed by atoms with E-state index in [4.69, 9.17) is 0 Å². The van der Waals surface area contributed by atoms with Gasteiger partial charge in [-0.2, -0.15) is 0 Å². The van der Waals surface area contributed by atoms with Gasteiger partial charge in [-0.15, -0.1) is 0 Å². The molecule has 1 unspecified atom stereocenters. The zero-order valence-electron chi connectivity index (χ0n) is 17.3. The Morgan fingerprint density at radius 3 is 1.96 bits per heavy atom. The van der Waals surface area contributed by atoms with Gasteiger partial charge in [0.1, 0.15) is 0 Å². The molecule has 0 radical (unpaired) electrons. The fourth-order valence-electron chi connectivity index (χ4n) is 3.56. The third-order valence-corrected chi connectivity index (χ3v) is 5.10. The molecule has 1 aromatic carbocycles. The SMILES string of the molecule is Cc1cc(C)c(NC(=O)C(C)N2CCN(C(=O)C(C)(C)C)CC2)c(C)c1. The predicted octanol–water partition coefficient (Wildman–Crippen LogP) is 3.13. The Balaban J connectivity index is 1.97. The lowest BCUT2D eigenvalue weighted by molar-refractivity contribution is -0.141. The van der Waals surface area contributed by atoms with Crippen molar-refractivity contribution >= 4 is 17.5 Å². The van der Waals surface area contributed by atoms with Crippen LogP contribution in [0.2, 0.25) is 0 Å². The van der Waals surface area contributed by atoms with Crippen LogP contribution >= 0.6 is 0 Å². The minimum absolute atomic E-state index is 0.00986. The first-order valence-electron chi connectivity index (χ1n) is 9.43. The molecule has 0 aliphatic carbocycles. The molecule has 1 aromatic rings. The van der Waals surface area contributed by atoms with Crippen LogP contribution in [0.15, 0.2) is 12.1 Å². The van der Waals surface area contributed by atoms with Crippen molar-refractivity contribution in [3.8, 4) is 0 Å². The maximum absolute atomic E-state index is 12.7. The summed E-state index contributed by atoms with van der Waals surface area (Å²) in [5.74, 6) is 0.191. The molecule has 144 valence electrons. The summed E-state index contributed by atoms with van der Waals surface area (Å²) in [7, 11) is 0. The molecule has 0 aromatic heterocycles. The Hall–Kier alpha value is -1.88. The number of benzene rings is 1. The molecule has 5 nitrogen and oxygen atoms in total. The van der Waals surface area contributed by atoms with E-state index in [0.29, 0.717) is 13.1 Å². The van der Waals surface area contributed by atoms with E-state index < -0.39 is 0 Å². The molecule has 26 heavy (non-hydrogen) atoms. The molecule has 0 saturated carbocycles. The number of piperazine rings is 1. The van der Waals surface area contributed by atoms with E-state index in [1.165, 1.54) is 5.56 Å². The van der Waals surface area contributed by atoms with Gasteiger partial charge in [0, 0.05) is 37.3 Å². The summed E-state index contributed by atoms with van der Waals surface area (Å²) < 4.78 is 0. The zero-order valence-corrected chi connectivity index (χ0v) is 17.3. The zero-order chi connectivity index (χ0) is 19.6. The van der Waals surface area contributed by atoms with E-state index in [1.807, 2.05) is 46.4 Å². The minimum Gasteiger partial charge on any atom is -0.340 e. The lowest BCUT2D eigenvalue weighted by atomic mass is 9.94. The van der Waals surface area contributed by atoms with Crippen LogP contribution in [0.1, 0.15) is 44.4 Å². The predicted molar refractivity (Wildman–Crippen MR) is 106 cm³/mol. The van der Waals surface area contributed by atoms with Crippen molar-refractivity contribution in [2.45, 2.75) is 54.5 Å². The molecule has 1 fully saturated rings. The van der Waals surface area contributed by atoms with E-state index in [2.05, 4.69) is 29.3 Å². The van der Waals surface area contributed by atoms with Crippen LogP contribution in [-0.2, 0) is 9.59 Å². The van der Waals surface area contributed by atoms with Gasteiger partial charge in [-0.3, -0.25) is 14.5 Å². The van der Waals surface area contributed by atoms with Gasteiger partial charge in [0.2, 0.25) is 11.8 Å². The first-order valence-corrected chi connectivity index (χ1v) is 9.43. The number of nitrogens with one attached hydrogen (secondary N) is 1. The summed E-state index contributed by atoms with van der Waals surface area (Å²) in [5.41, 5.74) is 3.93. The Morgan fingerprint density at radius 1 is 1.00 bits per heavy atom. The molecule has 1 heterocycles. The number of rotatable bonds is 3. The monoisotopic (exact) mass is 359 g/mol. The van der Waals surface area contributed by atoms with E-state index in [0.717, 1.165) is 29.9 Å². The van der Waals surface area contributed by atoms with Gasteiger partial charge >= 0.3 is 0 Å². The largest absolute Gasteiger partial charge is 0.340 e. The summed E-state index contributed by atoms with van der Waals surface area (Å²) >= 11 is 0. The standard InChI is InChI=1S/C21H33N3O2/c1-14-12-15(2)18(16(3)13-14)22-19(25)17(4)23-8-10-24(11-9-23)20(26)21(5,6)7/h12-13,17H,8-11H2,1-7H3,(H,22,25). The molecule has 1 aliphatic rings. The van der Waals surface area contributed by atoms with Crippen LogP contribution in [-0.4, -0.2) is 53.8 Å². The number of amides is 2. The maximum Gasteiger partial charge on any atom is 0.241 e. The highest BCUT2D eigenvalue weighted by atomic mass is 16.2. The van der Waals surface area contributed by atoms with Gasteiger partial charge in [0.25, 0.3) is 0 Å². The average Bonchev–Trinajstić information content (AvgIpc) is 2.55. The highest BCUT2D eigenvalue weighted by molar-refractivity contribution is 5.96. The van der Waals surface area contributed by atoms with Gasteiger partial charge in [-0.05, 0) is 38.8 Å². The second-order valence-electron chi connectivity index (χ2n) is 8.52. The fraction of sp³-hybridized carbons (Fsp3) is 0.619. The first-order chi connectivity index (χ1) is 12.0. The summed E-state index contributed by atoms with van der Waals surface area (Å²) in [5, 5.41) is 3.10. The number of hydrogen-bond acceptors (Lipinski definition) is 3. The van der Waals surface area contributed by atoms with Crippen molar-refractivity contribution in [3.63, 3.8) is 0 Å². The average molecular weight is 360 g/mol. The maximum atomic E-state index is 12.7. The molecular formula is C21H33N3O2. The Kier molecular flexibility index (Phi) is 6.12. The van der Waals surface area contributed by atoms with Gasteiger partial charge in [-0.25, -0.2) is 0 Å². The van der Waals surface area contributed by atoms with Crippen LogP contribution in [0.5, 0.6) is 0 Å². The molecule has 0 bridgehead atoms. The summed E-state index contributed by atoms with van der Waals surface area (Å²) in [6.45, 7) is 16.7. The number of anilines is 1. The van der Waals surface area contributed by atoms with Crippen molar-refractivity contribution in [1.29, 1.82) is 0 Å². The number of carbonyl (C=O) groups is 2. The minimum atomic E-state index is -0.356. The fourth-order valence-corrected chi connectivity index (χ4v) is 3.56. The van der Waals surface area contributed by atoms with Crippen LogP contribution in [0.4, 0.5) is 5.69 Å². The van der Waals surface area contributed by atoms with Crippen molar-refractivity contribution in [2.24, 2.45) is 5.41 Å². The molecule has 1 atom stereocenters. The molecular weight excluding hydrogens is 326 g/mol.